The molecule has 0 radical (unpaired) electrons. The lowest BCUT2D eigenvalue weighted by atomic mass is 10.0. The monoisotopic (exact) mass is 1070 g/mol. The van der Waals surface area contributed by atoms with E-state index in [4.69, 9.17) is 14.2 Å². The van der Waals surface area contributed by atoms with E-state index in [1.807, 2.05) is 0 Å². The van der Waals surface area contributed by atoms with Crippen LogP contribution < -0.4 is 0 Å². The molecule has 0 bridgehead atoms. The largest absolute Gasteiger partial charge is 0.462 e. The minimum absolute atomic E-state index is 0.0762. The Morgan fingerprint density at radius 1 is 0.273 bits per heavy atom. The summed E-state index contributed by atoms with van der Waals surface area (Å²) in [4.78, 5) is 38.3. The lowest BCUT2D eigenvalue weighted by molar-refractivity contribution is -0.167. The number of hydrogen-bond acceptors (Lipinski definition) is 6. The Labute approximate surface area is 478 Å². The van der Waals surface area contributed by atoms with Crippen molar-refractivity contribution in [1.82, 2.24) is 0 Å². The zero-order chi connectivity index (χ0) is 55.7. The Morgan fingerprint density at radius 2 is 0.532 bits per heavy atom. The van der Waals surface area contributed by atoms with Crippen LogP contribution in [0.15, 0.2) is 72.9 Å². The van der Waals surface area contributed by atoms with Crippen molar-refractivity contribution in [3.05, 3.63) is 72.9 Å². The van der Waals surface area contributed by atoms with E-state index in [1.54, 1.807) is 0 Å². The normalized spacial score (nSPS) is 12.5. The number of esters is 3. The second-order valence-corrected chi connectivity index (χ2v) is 22.4. The number of unbranched alkanes of at least 4 members (excludes halogenated alkanes) is 38. The lowest BCUT2D eigenvalue weighted by Crippen LogP contribution is -2.30. The average molecular weight is 1080 g/mol. The first-order chi connectivity index (χ1) is 38.0. The number of ether oxygens (including phenoxy) is 3. The van der Waals surface area contributed by atoms with E-state index in [-0.39, 0.29) is 31.1 Å². The van der Waals surface area contributed by atoms with Crippen molar-refractivity contribution < 1.29 is 28.6 Å². The van der Waals surface area contributed by atoms with E-state index in [9.17, 15) is 14.4 Å². The van der Waals surface area contributed by atoms with Crippen LogP contribution in [0.25, 0.3) is 0 Å². The van der Waals surface area contributed by atoms with E-state index in [1.165, 1.54) is 193 Å². The molecule has 0 aromatic carbocycles. The van der Waals surface area contributed by atoms with Gasteiger partial charge in [-0.1, -0.05) is 312 Å². The molecule has 0 saturated carbocycles. The Balaban J connectivity index is 4.25. The van der Waals surface area contributed by atoms with Crippen molar-refractivity contribution in [1.29, 1.82) is 0 Å². The molecule has 0 fully saturated rings. The number of carbonyl (C=O) groups excluding carboxylic acids is 3. The maximum absolute atomic E-state index is 12.9. The van der Waals surface area contributed by atoms with Crippen molar-refractivity contribution in [2.24, 2.45) is 0 Å². The fourth-order valence-electron chi connectivity index (χ4n) is 9.71. The van der Waals surface area contributed by atoms with Crippen molar-refractivity contribution in [2.75, 3.05) is 13.2 Å². The molecule has 0 rings (SSSR count). The molecule has 0 aliphatic rings. The first-order valence-corrected chi connectivity index (χ1v) is 33.4. The first-order valence-electron chi connectivity index (χ1n) is 33.4. The smallest absolute Gasteiger partial charge is 0.306 e. The minimum Gasteiger partial charge on any atom is -0.462 e. The van der Waals surface area contributed by atoms with Gasteiger partial charge in [0.2, 0.25) is 0 Å². The second kappa shape index (κ2) is 65.4. The first kappa shape index (κ1) is 73.8. The zero-order valence-corrected chi connectivity index (χ0v) is 51.2. The number of rotatable bonds is 61. The molecule has 446 valence electrons. The van der Waals surface area contributed by atoms with Crippen molar-refractivity contribution in [3.63, 3.8) is 0 Å². The van der Waals surface area contributed by atoms with Gasteiger partial charge in [0.25, 0.3) is 0 Å². The van der Waals surface area contributed by atoms with Gasteiger partial charge in [-0.05, 0) is 83.5 Å². The molecule has 6 heteroatoms. The van der Waals surface area contributed by atoms with Crippen molar-refractivity contribution >= 4 is 17.9 Å². The molecular weight excluding hydrogens is 949 g/mol. The molecule has 6 nitrogen and oxygen atoms in total. The summed E-state index contributed by atoms with van der Waals surface area (Å²) in [6, 6.07) is 0. The summed E-state index contributed by atoms with van der Waals surface area (Å²) in [6.07, 6.45) is 84.9. The Morgan fingerprint density at radius 3 is 0.844 bits per heavy atom. The Kier molecular flexibility index (Phi) is 62.7. The van der Waals surface area contributed by atoms with Gasteiger partial charge in [0.15, 0.2) is 6.10 Å². The van der Waals surface area contributed by atoms with Gasteiger partial charge in [-0.15, -0.1) is 0 Å². The molecule has 0 spiro atoms. The van der Waals surface area contributed by atoms with E-state index in [0.717, 1.165) is 109 Å². The third-order valence-corrected chi connectivity index (χ3v) is 14.7. The highest BCUT2D eigenvalue weighted by Gasteiger charge is 2.19. The average Bonchev–Trinajstić information content (AvgIpc) is 3.43. The van der Waals surface area contributed by atoms with Gasteiger partial charge in [-0.3, -0.25) is 14.4 Å². The Hall–Kier alpha value is -3.15. The molecule has 1 atom stereocenters. The topological polar surface area (TPSA) is 78.9 Å². The van der Waals surface area contributed by atoms with E-state index >= 15 is 0 Å². The molecule has 0 aromatic heterocycles. The summed E-state index contributed by atoms with van der Waals surface area (Å²) >= 11 is 0. The van der Waals surface area contributed by atoms with Gasteiger partial charge >= 0.3 is 17.9 Å². The van der Waals surface area contributed by atoms with Crippen LogP contribution in [-0.4, -0.2) is 37.2 Å². The van der Waals surface area contributed by atoms with Crippen LogP contribution in [-0.2, 0) is 28.6 Å². The SMILES string of the molecule is CC/C=C\C/C=C\C/C=C\C/C=C\CCCCCCCCCCCCCCCCC(=O)OCC(COC(=O)CCCCCCC/C=C\C/C=C\CCC)OC(=O)CCCCCCCCCCCCCCCCCCCCC. The highest BCUT2D eigenvalue weighted by Crippen LogP contribution is 2.18. The summed E-state index contributed by atoms with van der Waals surface area (Å²) in [5.41, 5.74) is 0. The van der Waals surface area contributed by atoms with E-state index in [0.29, 0.717) is 19.3 Å². The number of carbonyl (C=O) groups is 3. The highest BCUT2D eigenvalue weighted by molar-refractivity contribution is 5.71. The van der Waals surface area contributed by atoms with Crippen LogP contribution in [0, 0.1) is 0 Å². The van der Waals surface area contributed by atoms with Crippen molar-refractivity contribution in [3.8, 4) is 0 Å². The third kappa shape index (κ3) is 63.6. The van der Waals surface area contributed by atoms with Gasteiger partial charge in [-0.25, -0.2) is 0 Å². The molecule has 1 unspecified atom stereocenters. The van der Waals surface area contributed by atoms with Gasteiger partial charge in [0.1, 0.15) is 13.2 Å². The molecule has 0 aromatic rings. The molecule has 0 aliphatic carbocycles. The minimum atomic E-state index is -0.780. The summed E-state index contributed by atoms with van der Waals surface area (Å²) in [5, 5.41) is 0. The number of allylic oxidation sites excluding steroid dienone is 12. The molecule has 0 saturated heterocycles. The lowest BCUT2D eigenvalue weighted by Gasteiger charge is -2.18. The molecule has 0 N–H and O–H groups in total. The third-order valence-electron chi connectivity index (χ3n) is 14.7. The molecule has 77 heavy (non-hydrogen) atoms. The predicted octanol–water partition coefficient (Wildman–Crippen LogP) is 22.9. The van der Waals surface area contributed by atoms with Crippen LogP contribution in [0.3, 0.4) is 0 Å². The summed E-state index contributed by atoms with van der Waals surface area (Å²) < 4.78 is 16.9. The highest BCUT2D eigenvalue weighted by atomic mass is 16.6. The van der Waals surface area contributed by atoms with Crippen LogP contribution in [0.2, 0.25) is 0 Å². The van der Waals surface area contributed by atoms with Crippen LogP contribution in [0.4, 0.5) is 0 Å². The summed E-state index contributed by atoms with van der Waals surface area (Å²) in [7, 11) is 0. The summed E-state index contributed by atoms with van der Waals surface area (Å²) in [5.74, 6) is -0.872. The van der Waals surface area contributed by atoms with Gasteiger partial charge in [0.05, 0.1) is 0 Å². The molecular formula is C71H126O6. The van der Waals surface area contributed by atoms with Gasteiger partial charge < -0.3 is 14.2 Å². The zero-order valence-electron chi connectivity index (χ0n) is 51.2. The molecule has 0 amide bonds. The molecule has 0 aliphatic heterocycles. The van der Waals surface area contributed by atoms with Crippen LogP contribution in [0.1, 0.15) is 342 Å². The maximum atomic E-state index is 12.9. The summed E-state index contributed by atoms with van der Waals surface area (Å²) in [6.45, 7) is 6.50. The Bertz CT molecular complexity index is 1420. The predicted molar refractivity (Wildman–Crippen MR) is 335 cm³/mol. The quantitative estimate of drug-likeness (QED) is 0.0261. The van der Waals surface area contributed by atoms with Crippen LogP contribution in [0.5, 0.6) is 0 Å². The van der Waals surface area contributed by atoms with Gasteiger partial charge in [-0.2, -0.15) is 0 Å². The molecule has 0 heterocycles. The number of hydrogen-bond donors (Lipinski definition) is 0. The van der Waals surface area contributed by atoms with Gasteiger partial charge in [0, 0.05) is 19.3 Å². The fraction of sp³-hybridized carbons (Fsp3) is 0.789. The van der Waals surface area contributed by atoms with Crippen LogP contribution >= 0.6 is 0 Å². The maximum Gasteiger partial charge on any atom is 0.306 e. The standard InChI is InChI=1S/C71H126O6/c1-4-7-10-13-16-19-22-25-27-29-31-32-33-34-35-36-37-38-40-41-43-46-49-52-55-58-61-64-70(73)76-67-68(66-75-69(72)63-60-57-54-51-48-45-24-21-18-15-12-9-6-3)77-71(74)65-62-59-56-53-50-47-44-42-39-30-28-26-23-20-17-14-11-8-5-2/h7,10,12,15-16,19,21,24-25,27,31-32,68H,4-6,8-9,11,13-14,17-18,20,22-23,26,28-30,33-67H2,1-3H3/b10-7-,15-12-,19-16-,24-21-,27-25-,32-31-. The second-order valence-electron chi connectivity index (χ2n) is 22.4. The fourth-order valence-corrected chi connectivity index (χ4v) is 9.71. The van der Waals surface area contributed by atoms with E-state index < -0.39 is 6.10 Å². The van der Waals surface area contributed by atoms with E-state index in [2.05, 4.69) is 93.7 Å². The van der Waals surface area contributed by atoms with Crippen molar-refractivity contribution in [2.45, 2.75) is 348 Å².